The number of carboxylic acids is 1. The van der Waals surface area contributed by atoms with E-state index in [1.807, 2.05) is 0 Å². The summed E-state index contributed by atoms with van der Waals surface area (Å²) >= 11 is 0. The topological polar surface area (TPSA) is 37.3 Å². The molecule has 1 N–H and O–H groups in total. The van der Waals surface area contributed by atoms with E-state index in [9.17, 15) is 4.79 Å². The normalized spacial score (nSPS) is 13.7. The zero-order valence-electron chi connectivity index (χ0n) is 9.38. The summed E-state index contributed by atoms with van der Waals surface area (Å²) in [7, 11) is 0. The third-order valence-electron chi connectivity index (χ3n) is 1.82. The summed E-state index contributed by atoms with van der Waals surface area (Å²) in [5.41, 5.74) is 1.59. The molecule has 0 aliphatic heterocycles. The first-order chi connectivity index (χ1) is 6.66. The zero-order chi connectivity index (χ0) is 11.4. The highest BCUT2D eigenvalue weighted by molar-refractivity contribution is 5.66. The first kappa shape index (κ1) is 15.4. The number of hydrogen-bond donors (Lipinski definition) is 1. The summed E-state index contributed by atoms with van der Waals surface area (Å²) in [5.74, 6) is -0.745. The van der Waals surface area contributed by atoms with Gasteiger partial charge in [-0.2, -0.15) is 0 Å². The fraction of sp³-hybridized carbons (Fsp3) is 0.583. The monoisotopic (exact) mass is 198 g/mol. The van der Waals surface area contributed by atoms with E-state index in [2.05, 4.69) is 26.2 Å². The van der Waals surface area contributed by atoms with Crippen LogP contribution in [-0.4, -0.2) is 11.1 Å². The van der Waals surface area contributed by atoms with Crippen LogP contribution in [0.5, 0.6) is 0 Å². The Morgan fingerprint density at radius 3 is 2.14 bits per heavy atom. The van der Waals surface area contributed by atoms with Gasteiger partial charge in [-0.15, -0.1) is 13.2 Å². The molecule has 0 radical (unpaired) electrons. The van der Waals surface area contributed by atoms with Gasteiger partial charge < -0.3 is 5.11 Å². The second kappa shape index (κ2) is 11.9. The summed E-state index contributed by atoms with van der Waals surface area (Å²) in [6, 6.07) is 0. The molecule has 14 heavy (non-hydrogen) atoms. The summed E-state index contributed by atoms with van der Waals surface area (Å²) in [4.78, 5) is 9.37. The SMILES string of the molecule is C=C.CC1=CCCCC1.CCC(=O)O. The number of carbonyl (C=O) groups is 1. The third kappa shape index (κ3) is 13.5. The predicted molar refractivity (Wildman–Crippen MR) is 61.4 cm³/mol. The van der Waals surface area contributed by atoms with E-state index in [4.69, 9.17) is 5.11 Å². The van der Waals surface area contributed by atoms with Crippen molar-refractivity contribution in [1.29, 1.82) is 0 Å². The Hall–Kier alpha value is -1.05. The van der Waals surface area contributed by atoms with Crippen LogP contribution in [0.4, 0.5) is 0 Å². The number of hydrogen-bond acceptors (Lipinski definition) is 1. The Balaban J connectivity index is 0. The van der Waals surface area contributed by atoms with Crippen LogP contribution in [0.25, 0.3) is 0 Å². The Kier molecular flexibility index (Phi) is 13.2. The van der Waals surface area contributed by atoms with Gasteiger partial charge in [0.05, 0.1) is 0 Å². The van der Waals surface area contributed by atoms with Crippen LogP contribution in [0.1, 0.15) is 46.0 Å². The van der Waals surface area contributed by atoms with Crippen molar-refractivity contribution in [3.8, 4) is 0 Å². The minimum absolute atomic E-state index is 0.222. The highest BCUT2D eigenvalue weighted by Gasteiger charge is 1.95. The fourth-order valence-corrected chi connectivity index (χ4v) is 0.999. The lowest BCUT2D eigenvalue weighted by atomic mass is 10.0. The van der Waals surface area contributed by atoms with E-state index >= 15 is 0 Å². The molecule has 0 aromatic rings. The highest BCUT2D eigenvalue weighted by Crippen LogP contribution is 2.15. The zero-order valence-corrected chi connectivity index (χ0v) is 9.38. The fourth-order valence-electron chi connectivity index (χ4n) is 0.999. The molecule has 82 valence electrons. The highest BCUT2D eigenvalue weighted by atomic mass is 16.4. The summed E-state index contributed by atoms with van der Waals surface area (Å²) in [5, 5.41) is 7.72. The lowest BCUT2D eigenvalue weighted by molar-refractivity contribution is -0.136. The quantitative estimate of drug-likeness (QED) is 0.651. The molecule has 0 saturated heterocycles. The molecule has 0 saturated carbocycles. The molecule has 0 aromatic carbocycles. The largest absolute Gasteiger partial charge is 0.481 e. The first-order valence-electron chi connectivity index (χ1n) is 5.04. The molecule has 0 unspecified atom stereocenters. The Morgan fingerprint density at radius 2 is 2.00 bits per heavy atom. The van der Waals surface area contributed by atoms with Crippen molar-refractivity contribution in [3.05, 3.63) is 24.8 Å². The van der Waals surface area contributed by atoms with E-state index in [0.29, 0.717) is 0 Å². The van der Waals surface area contributed by atoms with Crippen LogP contribution in [-0.2, 0) is 4.79 Å². The number of allylic oxidation sites excluding steroid dienone is 2. The van der Waals surface area contributed by atoms with Crippen molar-refractivity contribution in [2.75, 3.05) is 0 Å². The van der Waals surface area contributed by atoms with E-state index in [1.165, 1.54) is 25.7 Å². The molecule has 2 nitrogen and oxygen atoms in total. The molecular formula is C12H22O2. The average Bonchev–Trinajstić information content (AvgIpc) is 2.23. The maximum atomic E-state index is 9.37. The van der Waals surface area contributed by atoms with Crippen molar-refractivity contribution < 1.29 is 9.90 Å². The number of rotatable bonds is 1. The van der Waals surface area contributed by atoms with E-state index in [-0.39, 0.29) is 6.42 Å². The number of aliphatic carboxylic acids is 1. The Bertz CT molecular complexity index is 171. The van der Waals surface area contributed by atoms with Gasteiger partial charge in [-0.25, -0.2) is 0 Å². The van der Waals surface area contributed by atoms with Gasteiger partial charge in [-0.1, -0.05) is 18.6 Å². The minimum Gasteiger partial charge on any atom is -0.481 e. The van der Waals surface area contributed by atoms with Crippen LogP contribution in [0, 0.1) is 0 Å². The van der Waals surface area contributed by atoms with Gasteiger partial charge in [0.2, 0.25) is 0 Å². The van der Waals surface area contributed by atoms with Crippen LogP contribution in [0.3, 0.4) is 0 Å². The molecule has 0 atom stereocenters. The van der Waals surface area contributed by atoms with Crippen molar-refractivity contribution in [2.45, 2.75) is 46.0 Å². The molecule has 0 heterocycles. The van der Waals surface area contributed by atoms with Gasteiger partial charge >= 0.3 is 5.97 Å². The molecular weight excluding hydrogens is 176 g/mol. The third-order valence-corrected chi connectivity index (χ3v) is 1.82. The van der Waals surface area contributed by atoms with Crippen molar-refractivity contribution in [2.24, 2.45) is 0 Å². The molecule has 0 amide bonds. The van der Waals surface area contributed by atoms with Crippen LogP contribution >= 0.6 is 0 Å². The average molecular weight is 198 g/mol. The van der Waals surface area contributed by atoms with Crippen LogP contribution in [0.15, 0.2) is 24.8 Å². The van der Waals surface area contributed by atoms with E-state index < -0.39 is 5.97 Å². The standard InChI is InChI=1S/C7H12.C3H6O2.C2H4/c1-7-5-3-2-4-6-7;1-2-3(4)5;1-2/h5H,2-4,6H2,1H3;2H2,1H3,(H,4,5);1-2H2. The summed E-state index contributed by atoms with van der Waals surface area (Å²) in [6.07, 6.45) is 8.08. The van der Waals surface area contributed by atoms with Crippen molar-refractivity contribution in [1.82, 2.24) is 0 Å². The molecule has 0 spiro atoms. The van der Waals surface area contributed by atoms with Crippen molar-refractivity contribution in [3.63, 3.8) is 0 Å². The smallest absolute Gasteiger partial charge is 0.303 e. The molecule has 0 bridgehead atoms. The predicted octanol–water partition coefficient (Wildman–Crippen LogP) is 3.79. The Labute approximate surface area is 87.3 Å². The summed E-state index contributed by atoms with van der Waals surface area (Å²) in [6.45, 7) is 9.82. The summed E-state index contributed by atoms with van der Waals surface area (Å²) < 4.78 is 0. The lowest BCUT2D eigenvalue weighted by Gasteiger charge is -2.05. The van der Waals surface area contributed by atoms with Gasteiger partial charge in [0, 0.05) is 6.42 Å². The second-order valence-corrected chi connectivity index (χ2v) is 3.04. The maximum Gasteiger partial charge on any atom is 0.303 e. The van der Waals surface area contributed by atoms with E-state index in [0.717, 1.165) is 0 Å². The van der Waals surface area contributed by atoms with Crippen molar-refractivity contribution >= 4 is 5.97 Å². The maximum absolute atomic E-state index is 9.37. The molecule has 1 aliphatic carbocycles. The lowest BCUT2D eigenvalue weighted by Crippen LogP contribution is -1.86. The minimum atomic E-state index is -0.745. The molecule has 0 aromatic heterocycles. The van der Waals surface area contributed by atoms with Gasteiger partial charge in [0.25, 0.3) is 0 Å². The molecule has 1 rings (SSSR count). The first-order valence-corrected chi connectivity index (χ1v) is 5.04. The molecule has 1 aliphatic rings. The molecule has 0 fully saturated rings. The molecule has 2 heteroatoms. The second-order valence-electron chi connectivity index (χ2n) is 3.04. The number of carboxylic acid groups (broad SMARTS) is 1. The van der Waals surface area contributed by atoms with Crippen LogP contribution < -0.4 is 0 Å². The van der Waals surface area contributed by atoms with Gasteiger partial charge in [-0.3, -0.25) is 4.79 Å². The van der Waals surface area contributed by atoms with Gasteiger partial charge in [0.1, 0.15) is 0 Å². The van der Waals surface area contributed by atoms with Gasteiger partial charge in [-0.05, 0) is 32.6 Å². The van der Waals surface area contributed by atoms with E-state index in [1.54, 1.807) is 12.5 Å². The Morgan fingerprint density at radius 1 is 1.50 bits per heavy atom. The van der Waals surface area contributed by atoms with Gasteiger partial charge in [0.15, 0.2) is 0 Å². The van der Waals surface area contributed by atoms with Crippen LogP contribution in [0.2, 0.25) is 0 Å².